The second-order valence-corrected chi connectivity index (χ2v) is 6.04. The fourth-order valence-corrected chi connectivity index (χ4v) is 3.29. The van der Waals surface area contributed by atoms with E-state index in [0.29, 0.717) is 31.0 Å². The Morgan fingerprint density at radius 2 is 2.09 bits per heavy atom. The van der Waals surface area contributed by atoms with Crippen molar-refractivity contribution in [3.63, 3.8) is 0 Å². The van der Waals surface area contributed by atoms with Gasteiger partial charge in [0.15, 0.2) is 5.78 Å². The van der Waals surface area contributed by atoms with Crippen molar-refractivity contribution in [1.82, 2.24) is 5.32 Å². The molecule has 6 heteroatoms. The first-order valence-electron chi connectivity index (χ1n) is 7.73. The molecule has 0 amide bonds. The zero-order valence-electron chi connectivity index (χ0n) is 13.3. The summed E-state index contributed by atoms with van der Waals surface area (Å²) in [7, 11) is 0. The number of carbonyl (C=O) groups is 2. The van der Waals surface area contributed by atoms with Crippen LogP contribution in [0.1, 0.15) is 44.6 Å². The highest BCUT2D eigenvalue weighted by atomic mass is 35.5. The van der Waals surface area contributed by atoms with Crippen LogP contribution < -0.4 is 5.32 Å². The molecule has 128 valence electrons. The van der Waals surface area contributed by atoms with Gasteiger partial charge in [-0.15, -0.1) is 12.4 Å². The van der Waals surface area contributed by atoms with Gasteiger partial charge in [-0.1, -0.05) is 36.2 Å². The van der Waals surface area contributed by atoms with Crippen LogP contribution in [0.3, 0.4) is 0 Å². The first-order valence-corrected chi connectivity index (χ1v) is 8.11. The molecule has 0 saturated heterocycles. The Kier molecular flexibility index (Phi) is 8.03. The van der Waals surface area contributed by atoms with Crippen LogP contribution in [0, 0.1) is 0 Å². The minimum atomic E-state index is -0.702. The van der Waals surface area contributed by atoms with Crippen molar-refractivity contribution in [2.75, 3.05) is 13.2 Å². The third-order valence-corrected chi connectivity index (χ3v) is 4.40. The SMILES string of the molecule is CC(=O)OCCCN[C@]1(c2ccccc2Cl)CCCCC1=O.Cl. The molecule has 0 spiro atoms. The Morgan fingerprint density at radius 1 is 1.35 bits per heavy atom. The largest absolute Gasteiger partial charge is 0.466 e. The molecule has 4 nitrogen and oxygen atoms in total. The van der Waals surface area contributed by atoms with Gasteiger partial charge in [-0.2, -0.15) is 0 Å². The number of ether oxygens (including phenoxy) is 1. The molecule has 23 heavy (non-hydrogen) atoms. The van der Waals surface area contributed by atoms with E-state index in [4.69, 9.17) is 16.3 Å². The van der Waals surface area contributed by atoms with Gasteiger partial charge in [-0.05, 0) is 37.4 Å². The van der Waals surface area contributed by atoms with Crippen molar-refractivity contribution in [1.29, 1.82) is 0 Å². The first kappa shape index (κ1) is 19.9. The van der Waals surface area contributed by atoms with Gasteiger partial charge < -0.3 is 10.1 Å². The maximum absolute atomic E-state index is 12.6. The van der Waals surface area contributed by atoms with Crippen LogP contribution in [0.4, 0.5) is 0 Å². The lowest BCUT2D eigenvalue weighted by Gasteiger charge is -2.38. The van der Waals surface area contributed by atoms with E-state index in [9.17, 15) is 9.59 Å². The van der Waals surface area contributed by atoms with Gasteiger partial charge in [0.2, 0.25) is 0 Å². The molecule has 0 aliphatic heterocycles. The second-order valence-electron chi connectivity index (χ2n) is 5.64. The fraction of sp³-hybridized carbons (Fsp3) is 0.529. The van der Waals surface area contributed by atoms with Gasteiger partial charge in [0.25, 0.3) is 0 Å². The van der Waals surface area contributed by atoms with E-state index in [0.717, 1.165) is 24.8 Å². The van der Waals surface area contributed by atoms with E-state index in [1.807, 2.05) is 24.3 Å². The number of hydrogen-bond donors (Lipinski definition) is 1. The van der Waals surface area contributed by atoms with Gasteiger partial charge in [0.1, 0.15) is 5.54 Å². The molecular weight excluding hydrogens is 337 g/mol. The van der Waals surface area contributed by atoms with Crippen molar-refractivity contribution < 1.29 is 14.3 Å². The summed E-state index contributed by atoms with van der Waals surface area (Å²) in [4.78, 5) is 23.4. The van der Waals surface area contributed by atoms with E-state index in [1.165, 1.54) is 6.92 Å². The van der Waals surface area contributed by atoms with Gasteiger partial charge in [0, 0.05) is 18.4 Å². The normalized spacial score (nSPS) is 20.7. The molecule has 1 aromatic rings. The zero-order valence-corrected chi connectivity index (χ0v) is 14.8. The zero-order chi connectivity index (χ0) is 16.0. The smallest absolute Gasteiger partial charge is 0.302 e. The maximum atomic E-state index is 12.6. The molecule has 0 aromatic heterocycles. The molecule has 0 unspecified atom stereocenters. The number of halogens is 2. The molecule has 1 fully saturated rings. The van der Waals surface area contributed by atoms with E-state index in [1.54, 1.807) is 0 Å². The number of carbonyl (C=O) groups excluding carboxylic acids is 2. The van der Waals surface area contributed by atoms with Crippen LogP contribution in [0.15, 0.2) is 24.3 Å². The molecule has 2 rings (SSSR count). The fourth-order valence-electron chi connectivity index (χ4n) is 2.99. The Hall–Kier alpha value is -1.10. The molecule has 1 saturated carbocycles. The molecule has 0 bridgehead atoms. The minimum absolute atomic E-state index is 0. The third-order valence-electron chi connectivity index (χ3n) is 4.07. The quantitative estimate of drug-likeness (QED) is 0.622. The summed E-state index contributed by atoms with van der Waals surface area (Å²) < 4.78 is 4.93. The number of benzene rings is 1. The van der Waals surface area contributed by atoms with Crippen LogP contribution >= 0.6 is 24.0 Å². The summed E-state index contributed by atoms with van der Waals surface area (Å²) >= 11 is 6.33. The lowest BCUT2D eigenvalue weighted by Crippen LogP contribution is -2.51. The molecule has 0 heterocycles. The second kappa shape index (κ2) is 9.26. The van der Waals surface area contributed by atoms with Gasteiger partial charge in [0.05, 0.1) is 6.61 Å². The molecule has 0 radical (unpaired) electrons. The van der Waals surface area contributed by atoms with Gasteiger partial charge >= 0.3 is 5.97 Å². The number of esters is 1. The Bertz CT molecular complexity index is 550. The van der Waals surface area contributed by atoms with Crippen LogP contribution in [0.25, 0.3) is 0 Å². The summed E-state index contributed by atoms with van der Waals surface area (Å²) in [5.41, 5.74) is 0.154. The van der Waals surface area contributed by atoms with E-state index >= 15 is 0 Å². The summed E-state index contributed by atoms with van der Waals surface area (Å²) in [6.45, 7) is 2.35. The van der Waals surface area contributed by atoms with Crippen LogP contribution in [-0.2, 0) is 19.9 Å². The molecule has 1 aliphatic carbocycles. The third kappa shape index (κ3) is 4.93. The highest BCUT2D eigenvalue weighted by molar-refractivity contribution is 6.31. The van der Waals surface area contributed by atoms with Gasteiger partial charge in [-0.3, -0.25) is 9.59 Å². The number of nitrogens with one attached hydrogen (secondary N) is 1. The molecule has 1 N–H and O–H groups in total. The van der Waals surface area contributed by atoms with Crippen molar-refractivity contribution in [2.45, 2.75) is 44.6 Å². The van der Waals surface area contributed by atoms with Crippen molar-refractivity contribution >= 4 is 35.8 Å². The number of ketones is 1. The van der Waals surface area contributed by atoms with Crippen LogP contribution in [-0.4, -0.2) is 24.9 Å². The Labute approximate surface area is 148 Å². The number of rotatable bonds is 6. The predicted molar refractivity (Wildman–Crippen MR) is 93.1 cm³/mol. The average molecular weight is 360 g/mol. The standard InChI is InChI=1S/C17H22ClNO3.ClH/c1-13(20)22-12-6-11-19-17(10-5-4-9-16(17)21)14-7-2-3-8-15(14)18;/h2-3,7-8,19H,4-6,9-12H2,1H3;1H/t17-;/m0./s1. The molecule has 1 aliphatic rings. The summed E-state index contributed by atoms with van der Waals surface area (Å²) in [5.74, 6) is -0.0890. The van der Waals surface area contributed by atoms with E-state index in [-0.39, 0.29) is 24.2 Å². The molecular formula is C17H23Cl2NO3. The summed E-state index contributed by atoms with van der Waals surface area (Å²) in [6.07, 6.45) is 3.92. The molecule has 1 aromatic carbocycles. The molecule has 1 atom stereocenters. The minimum Gasteiger partial charge on any atom is -0.466 e. The lowest BCUT2D eigenvalue weighted by molar-refractivity contribution is -0.141. The first-order chi connectivity index (χ1) is 10.6. The van der Waals surface area contributed by atoms with E-state index < -0.39 is 5.54 Å². The summed E-state index contributed by atoms with van der Waals surface area (Å²) in [6, 6.07) is 7.52. The average Bonchev–Trinajstić information content (AvgIpc) is 2.49. The van der Waals surface area contributed by atoms with Crippen molar-refractivity contribution in [2.24, 2.45) is 0 Å². The maximum Gasteiger partial charge on any atom is 0.302 e. The number of Topliss-reactive ketones (excluding diaryl/α,β-unsaturated/α-hetero) is 1. The van der Waals surface area contributed by atoms with Crippen LogP contribution in [0.2, 0.25) is 5.02 Å². The number of hydrogen-bond acceptors (Lipinski definition) is 4. The van der Waals surface area contributed by atoms with Crippen molar-refractivity contribution in [3.05, 3.63) is 34.9 Å². The Balaban J connectivity index is 0.00000264. The highest BCUT2D eigenvalue weighted by Crippen LogP contribution is 2.37. The van der Waals surface area contributed by atoms with E-state index in [2.05, 4.69) is 5.32 Å². The van der Waals surface area contributed by atoms with Gasteiger partial charge in [-0.25, -0.2) is 0 Å². The monoisotopic (exact) mass is 359 g/mol. The topological polar surface area (TPSA) is 55.4 Å². The van der Waals surface area contributed by atoms with Crippen molar-refractivity contribution in [3.8, 4) is 0 Å². The van der Waals surface area contributed by atoms with Crippen LogP contribution in [0.5, 0.6) is 0 Å². The highest BCUT2D eigenvalue weighted by Gasteiger charge is 2.41. The lowest BCUT2D eigenvalue weighted by atomic mass is 9.75. The Morgan fingerprint density at radius 3 is 2.74 bits per heavy atom. The predicted octanol–water partition coefficient (Wildman–Crippen LogP) is 3.64. The summed E-state index contributed by atoms with van der Waals surface area (Å²) in [5, 5.41) is 4.01.